The van der Waals surface area contributed by atoms with Gasteiger partial charge in [0.2, 0.25) is 0 Å². The summed E-state index contributed by atoms with van der Waals surface area (Å²) in [5.74, 6) is -6.60. The Morgan fingerprint density at radius 1 is 0.931 bits per heavy atom. The summed E-state index contributed by atoms with van der Waals surface area (Å²) in [5.41, 5.74) is 9.53. The van der Waals surface area contributed by atoms with Crippen LogP contribution in [0, 0.1) is 29.3 Å². The van der Waals surface area contributed by atoms with Gasteiger partial charge in [0.05, 0.1) is 11.6 Å². The SMILES string of the molecule is C=C(N)c1ccc(C[N-]Cc2ccncc2)cc1.Fc1[c-]cc(F)c(F)c1F.[Ca+2]. The molecule has 29 heavy (non-hydrogen) atoms. The molecule has 3 nitrogen and oxygen atoms in total. The van der Waals surface area contributed by atoms with Crippen LogP contribution in [0.15, 0.2) is 61.4 Å². The first-order valence-corrected chi connectivity index (χ1v) is 8.15. The number of nitrogens with two attached hydrogens (primary N) is 1. The van der Waals surface area contributed by atoms with Gasteiger partial charge in [-0.2, -0.15) is 0 Å². The third-order valence-electron chi connectivity index (χ3n) is 3.58. The average molecular weight is 427 g/mol. The second-order valence-corrected chi connectivity index (χ2v) is 5.70. The number of pyridine rings is 1. The van der Waals surface area contributed by atoms with Crippen molar-refractivity contribution in [3.05, 3.63) is 113 Å². The van der Waals surface area contributed by atoms with E-state index in [2.05, 4.69) is 16.9 Å². The monoisotopic (exact) mass is 427 g/mol. The Kier molecular flexibility index (Phi) is 10.9. The number of nitrogens with zero attached hydrogens (tertiary/aromatic N) is 2. The molecule has 0 atom stereocenters. The number of hydrogen-bond donors (Lipinski definition) is 1. The average Bonchev–Trinajstić information content (AvgIpc) is 2.71. The molecule has 0 spiro atoms. The minimum Gasteiger partial charge on any atom is -0.655 e. The van der Waals surface area contributed by atoms with Crippen LogP contribution < -0.4 is 5.73 Å². The summed E-state index contributed by atoms with van der Waals surface area (Å²) in [5, 5.41) is 4.50. The fraction of sp³-hybridized carbons (Fsp3) is 0.0952. The summed E-state index contributed by atoms with van der Waals surface area (Å²) in [6.45, 7) is 5.13. The maximum Gasteiger partial charge on any atom is 2.00 e. The van der Waals surface area contributed by atoms with E-state index in [1.54, 1.807) is 18.5 Å². The van der Waals surface area contributed by atoms with Gasteiger partial charge < -0.3 is 11.1 Å². The minimum atomic E-state index is -1.83. The van der Waals surface area contributed by atoms with Crippen molar-refractivity contribution < 1.29 is 17.6 Å². The Morgan fingerprint density at radius 2 is 1.48 bits per heavy atom. The predicted octanol–water partition coefficient (Wildman–Crippen LogP) is 4.75. The van der Waals surface area contributed by atoms with Gasteiger partial charge in [0.1, 0.15) is 0 Å². The second kappa shape index (κ2) is 12.6. The van der Waals surface area contributed by atoms with Crippen LogP contribution in [-0.4, -0.2) is 42.7 Å². The van der Waals surface area contributed by atoms with Crippen LogP contribution in [0.2, 0.25) is 0 Å². The van der Waals surface area contributed by atoms with Crippen molar-refractivity contribution in [2.45, 2.75) is 13.1 Å². The second-order valence-electron chi connectivity index (χ2n) is 5.70. The molecule has 1 heterocycles. The molecule has 0 aliphatic heterocycles. The third-order valence-corrected chi connectivity index (χ3v) is 3.58. The van der Waals surface area contributed by atoms with Gasteiger partial charge >= 0.3 is 37.7 Å². The van der Waals surface area contributed by atoms with E-state index in [1.165, 1.54) is 11.1 Å². The molecule has 0 amide bonds. The molecular formula is C21H17CaF4N3. The van der Waals surface area contributed by atoms with Crippen molar-refractivity contribution >= 4 is 43.4 Å². The van der Waals surface area contributed by atoms with Gasteiger partial charge in [0.25, 0.3) is 0 Å². The van der Waals surface area contributed by atoms with Gasteiger partial charge in [-0.25, -0.2) is 8.78 Å². The molecule has 2 N–H and O–H groups in total. The molecule has 0 saturated carbocycles. The van der Waals surface area contributed by atoms with E-state index in [0.29, 0.717) is 24.9 Å². The van der Waals surface area contributed by atoms with Gasteiger partial charge in [-0.3, -0.25) is 13.8 Å². The Balaban J connectivity index is 0.000000327. The fourth-order valence-electron chi connectivity index (χ4n) is 2.08. The zero-order valence-corrected chi connectivity index (χ0v) is 17.7. The summed E-state index contributed by atoms with van der Waals surface area (Å²) in [6.07, 6.45) is 3.57. The van der Waals surface area contributed by atoms with Gasteiger partial charge in [-0.05, 0) is 17.7 Å². The van der Waals surface area contributed by atoms with Crippen molar-refractivity contribution in [1.29, 1.82) is 0 Å². The fourth-order valence-corrected chi connectivity index (χ4v) is 2.08. The van der Waals surface area contributed by atoms with Crippen LogP contribution >= 0.6 is 0 Å². The van der Waals surface area contributed by atoms with E-state index in [-0.39, 0.29) is 37.7 Å². The van der Waals surface area contributed by atoms with E-state index < -0.39 is 23.3 Å². The number of hydrogen-bond acceptors (Lipinski definition) is 2. The molecule has 0 aliphatic rings. The van der Waals surface area contributed by atoms with Crippen molar-refractivity contribution in [1.82, 2.24) is 4.98 Å². The molecule has 0 radical (unpaired) electrons. The van der Waals surface area contributed by atoms with E-state index in [9.17, 15) is 17.6 Å². The summed E-state index contributed by atoms with van der Waals surface area (Å²) in [7, 11) is 0. The Hall–Kier alpha value is -1.93. The van der Waals surface area contributed by atoms with Gasteiger partial charge in [0, 0.05) is 29.7 Å². The van der Waals surface area contributed by atoms with Crippen LogP contribution in [0.3, 0.4) is 0 Å². The molecule has 8 heteroatoms. The summed E-state index contributed by atoms with van der Waals surface area (Å²) in [4.78, 5) is 3.98. The molecule has 3 rings (SSSR count). The predicted molar refractivity (Wildman–Crippen MR) is 106 cm³/mol. The normalized spacial score (nSPS) is 9.79. The van der Waals surface area contributed by atoms with Gasteiger partial charge in [-0.1, -0.05) is 42.0 Å². The smallest absolute Gasteiger partial charge is 0.655 e. The maximum absolute atomic E-state index is 12.0. The summed E-state index contributed by atoms with van der Waals surface area (Å²) < 4.78 is 47.8. The van der Waals surface area contributed by atoms with Crippen molar-refractivity contribution in [2.75, 3.05) is 0 Å². The summed E-state index contributed by atoms with van der Waals surface area (Å²) >= 11 is 0. The number of benzene rings is 2. The van der Waals surface area contributed by atoms with Crippen LogP contribution in [-0.2, 0) is 13.1 Å². The zero-order chi connectivity index (χ0) is 20.5. The number of rotatable bonds is 5. The first-order valence-electron chi connectivity index (χ1n) is 8.15. The van der Waals surface area contributed by atoms with Crippen LogP contribution in [0.25, 0.3) is 11.0 Å². The molecule has 0 unspecified atom stereocenters. The first-order chi connectivity index (χ1) is 13.4. The van der Waals surface area contributed by atoms with Crippen molar-refractivity contribution in [3.63, 3.8) is 0 Å². The molecule has 0 fully saturated rings. The molecule has 146 valence electrons. The Labute approximate surface area is 196 Å². The molecule has 0 bridgehead atoms. The minimum absolute atomic E-state index is 0. The van der Waals surface area contributed by atoms with E-state index in [4.69, 9.17) is 5.73 Å². The summed E-state index contributed by atoms with van der Waals surface area (Å²) in [6, 6.07) is 13.9. The van der Waals surface area contributed by atoms with Gasteiger partial charge in [0.15, 0.2) is 0 Å². The number of aromatic nitrogens is 1. The van der Waals surface area contributed by atoms with E-state index in [1.807, 2.05) is 36.4 Å². The third kappa shape index (κ3) is 8.14. The number of halogens is 4. The molecule has 1 aromatic heterocycles. The van der Waals surface area contributed by atoms with E-state index >= 15 is 0 Å². The standard InChI is InChI=1S/C15H16N3.C6HF4.Ca/c1-12(16)15-4-2-13(3-5-15)10-18-11-14-6-8-17-9-7-14;7-3-1-2-4(8)6(10)5(3)9;/h2-9H,1,10-11,16H2;1H;/q2*-1;+2. The Morgan fingerprint density at radius 3 is 2.00 bits per heavy atom. The first kappa shape index (κ1) is 25.1. The maximum atomic E-state index is 12.0. The quantitative estimate of drug-likeness (QED) is 0.210. The molecule has 0 saturated heterocycles. The van der Waals surface area contributed by atoms with Crippen molar-refractivity contribution in [3.8, 4) is 0 Å². The molecule has 0 aliphatic carbocycles. The van der Waals surface area contributed by atoms with Gasteiger partial charge in [-0.15, -0.1) is 25.2 Å². The van der Waals surface area contributed by atoms with Crippen molar-refractivity contribution in [2.24, 2.45) is 5.73 Å². The van der Waals surface area contributed by atoms with Crippen LogP contribution in [0.4, 0.5) is 17.6 Å². The Bertz CT molecular complexity index is 892. The van der Waals surface area contributed by atoms with E-state index in [0.717, 1.165) is 5.56 Å². The largest absolute Gasteiger partial charge is 2.00 e. The zero-order valence-electron chi connectivity index (χ0n) is 15.5. The van der Waals surface area contributed by atoms with Crippen LogP contribution in [0.1, 0.15) is 16.7 Å². The molecular weight excluding hydrogens is 410 g/mol. The van der Waals surface area contributed by atoms with Crippen LogP contribution in [0.5, 0.6) is 0 Å². The topological polar surface area (TPSA) is 53.0 Å². The molecule has 3 aromatic rings. The molecule has 2 aromatic carbocycles.